The second-order valence-corrected chi connectivity index (χ2v) is 5.84. The quantitative estimate of drug-likeness (QED) is 0.840. The van der Waals surface area contributed by atoms with E-state index in [2.05, 4.69) is 0 Å². The fourth-order valence-corrected chi connectivity index (χ4v) is 2.85. The minimum atomic E-state index is -4.58. The molecule has 5 nitrogen and oxygen atoms in total. The maximum absolute atomic E-state index is 13.6. The molecule has 0 saturated heterocycles. The first-order valence-electron chi connectivity index (χ1n) is 5.79. The van der Waals surface area contributed by atoms with Gasteiger partial charge in [0.05, 0.1) is 11.3 Å². The molecule has 2 aromatic rings. The summed E-state index contributed by atoms with van der Waals surface area (Å²) in [6, 6.07) is 6.37. The van der Waals surface area contributed by atoms with Crippen LogP contribution in [0.4, 0.5) is 18.9 Å². The van der Waals surface area contributed by atoms with Gasteiger partial charge in [-0.3, -0.25) is 9.52 Å². The fraction of sp³-hybridized carbons (Fsp3) is 0. The number of rotatable bonds is 4. The van der Waals surface area contributed by atoms with E-state index in [1.807, 2.05) is 4.72 Å². The van der Waals surface area contributed by atoms with E-state index in [4.69, 9.17) is 5.73 Å². The van der Waals surface area contributed by atoms with Crippen molar-refractivity contribution in [3.05, 3.63) is 59.4 Å². The number of nitrogens with two attached hydrogens (primary N) is 1. The number of hydrogen-bond donors (Lipinski definition) is 2. The Morgan fingerprint density at radius 3 is 2.27 bits per heavy atom. The highest BCUT2D eigenvalue weighted by Crippen LogP contribution is 2.24. The number of halogens is 3. The molecule has 0 spiro atoms. The summed E-state index contributed by atoms with van der Waals surface area (Å²) in [6.45, 7) is 0. The first kappa shape index (κ1) is 15.8. The van der Waals surface area contributed by atoms with Gasteiger partial charge in [-0.05, 0) is 24.3 Å². The van der Waals surface area contributed by atoms with Crippen molar-refractivity contribution in [2.24, 2.45) is 5.73 Å². The van der Waals surface area contributed by atoms with Gasteiger partial charge >= 0.3 is 0 Å². The molecule has 0 saturated carbocycles. The lowest BCUT2D eigenvalue weighted by Crippen LogP contribution is -2.20. The first-order valence-corrected chi connectivity index (χ1v) is 7.27. The molecule has 2 aromatic carbocycles. The van der Waals surface area contributed by atoms with Crippen LogP contribution in [0.25, 0.3) is 0 Å². The Kier molecular flexibility index (Phi) is 4.09. The summed E-state index contributed by atoms with van der Waals surface area (Å²) in [7, 11) is -4.58. The van der Waals surface area contributed by atoms with Gasteiger partial charge in [0, 0.05) is 0 Å². The van der Waals surface area contributed by atoms with Gasteiger partial charge in [-0.1, -0.05) is 12.1 Å². The number of para-hydroxylation sites is 1. The predicted molar refractivity (Wildman–Crippen MR) is 72.1 cm³/mol. The lowest BCUT2D eigenvalue weighted by molar-refractivity contribution is 0.100. The van der Waals surface area contributed by atoms with Gasteiger partial charge in [-0.15, -0.1) is 0 Å². The molecular weight excluding hydrogens is 321 g/mol. The predicted octanol–water partition coefficient (Wildman–Crippen LogP) is 2.00. The highest BCUT2D eigenvalue weighted by atomic mass is 32.2. The van der Waals surface area contributed by atoms with Gasteiger partial charge < -0.3 is 5.73 Å². The lowest BCUT2D eigenvalue weighted by Gasteiger charge is -2.11. The third kappa shape index (κ3) is 2.89. The molecule has 0 aliphatic rings. The second-order valence-electron chi connectivity index (χ2n) is 4.19. The van der Waals surface area contributed by atoms with Gasteiger partial charge in [0.1, 0.15) is 4.90 Å². The van der Waals surface area contributed by atoms with Crippen molar-refractivity contribution in [2.75, 3.05) is 4.72 Å². The van der Waals surface area contributed by atoms with Gasteiger partial charge in [-0.25, -0.2) is 21.6 Å². The maximum atomic E-state index is 13.6. The molecule has 116 valence electrons. The number of primary amides is 1. The molecule has 9 heteroatoms. The van der Waals surface area contributed by atoms with Crippen LogP contribution in [0.1, 0.15) is 10.4 Å². The van der Waals surface area contributed by atoms with Crippen molar-refractivity contribution in [2.45, 2.75) is 4.90 Å². The van der Waals surface area contributed by atoms with Crippen LogP contribution in [0.15, 0.2) is 41.3 Å². The van der Waals surface area contributed by atoms with Crippen LogP contribution >= 0.6 is 0 Å². The standard InChI is InChI=1S/C13H9F3N2O3S/c14-8-5-6-10(12(16)11(8)15)22(20,21)18-9-4-2-1-3-7(9)13(17)19/h1-6,18H,(H2,17,19). The molecule has 0 fully saturated rings. The van der Waals surface area contributed by atoms with E-state index in [9.17, 15) is 26.4 Å². The van der Waals surface area contributed by atoms with Crippen LogP contribution in [0.2, 0.25) is 0 Å². The summed E-state index contributed by atoms with van der Waals surface area (Å²) in [5.74, 6) is -6.20. The summed E-state index contributed by atoms with van der Waals surface area (Å²) in [4.78, 5) is 10.1. The normalized spacial score (nSPS) is 11.2. The summed E-state index contributed by atoms with van der Waals surface area (Å²) in [6.07, 6.45) is 0. The monoisotopic (exact) mass is 330 g/mol. The van der Waals surface area contributed by atoms with E-state index in [-0.39, 0.29) is 11.3 Å². The number of hydrogen-bond acceptors (Lipinski definition) is 3. The molecule has 2 rings (SSSR count). The van der Waals surface area contributed by atoms with E-state index >= 15 is 0 Å². The molecule has 1 amide bonds. The Balaban J connectivity index is 2.50. The van der Waals surface area contributed by atoms with Crippen molar-refractivity contribution in [1.82, 2.24) is 0 Å². The average Bonchev–Trinajstić information content (AvgIpc) is 2.44. The van der Waals surface area contributed by atoms with Gasteiger partial charge in [0.25, 0.3) is 15.9 Å². The van der Waals surface area contributed by atoms with Crippen molar-refractivity contribution in [3.8, 4) is 0 Å². The number of benzene rings is 2. The maximum Gasteiger partial charge on any atom is 0.264 e. The van der Waals surface area contributed by atoms with E-state index < -0.39 is 38.3 Å². The third-order valence-corrected chi connectivity index (χ3v) is 4.11. The van der Waals surface area contributed by atoms with E-state index in [1.165, 1.54) is 24.3 Å². The Hall–Kier alpha value is -2.55. The number of amides is 1. The zero-order valence-corrected chi connectivity index (χ0v) is 11.6. The van der Waals surface area contributed by atoms with Crippen LogP contribution in [0, 0.1) is 17.5 Å². The van der Waals surface area contributed by atoms with Crippen LogP contribution in [0.3, 0.4) is 0 Å². The Morgan fingerprint density at radius 2 is 1.64 bits per heavy atom. The molecular formula is C13H9F3N2O3S. The second kappa shape index (κ2) is 5.68. The number of carbonyl (C=O) groups excluding carboxylic acids is 1. The number of sulfonamides is 1. The van der Waals surface area contributed by atoms with Gasteiger partial charge in [-0.2, -0.15) is 0 Å². The molecule has 3 N–H and O–H groups in total. The van der Waals surface area contributed by atoms with Crippen LogP contribution in [-0.4, -0.2) is 14.3 Å². The molecule has 0 atom stereocenters. The molecule has 0 radical (unpaired) electrons. The molecule has 0 aliphatic heterocycles. The summed E-state index contributed by atoms with van der Waals surface area (Å²) >= 11 is 0. The van der Waals surface area contributed by atoms with Gasteiger partial charge in [0.15, 0.2) is 17.5 Å². The number of anilines is 1. The highest BCUT2D eigenvalue weighted by molar-refractivity contribution is 7.92. The van der Waals surface area contributed by atoms with E-state index in [0.717, 1.165) is 0 Å². The van der Waals surface area contributed by atoms with Crippen LogP contribution in [-0.2, 0) is 10.0 Å². The molecule has 0 bridgehead atoms. The molecule has 22 heavy (non-hydrogen) atoms. The lowest BCUT2D eigenvalue weighted by atomic mass is 10.2. The van der Waals surface area contributed by atoms with Crippen LogP contribution in [0.5, 0.6) is 0 Å². The topological polar surface area (TPSA) is 89.3 Å². The Labute approximate surface area is 123 Å². The van der Waals surface area contributed by atoms with E-state index in [1.54, 1.807) is 0 Å². The van der Waals surface area contributed by atoms with E-state index in [0.29, 0.717) is 12.1 Å². The average molecular weight is 330 g/mol. The SMILES string of the molecule is NC(=O)c1ccccc1NS(=O)(=O)c1ccc(F)c(F)c1F. The molecule has 0 heterocycles. The Bertz CT molecular complexity index is 854. The smallest absolute Gasteiger partial charge is 0.264 e. The zero-order chi connectivity index (χ0) is 16.5. The van der Waals surface area contributed by atoms with Gasteiger partial charge in [0.2, 0.25) is 0 Å². The minimum Gasteiger partial charge on any atom is -0.366 e. The van der Waals surface area contributed by atoms with Crippen molar-refractivity contribution < 1.29 is 26.4 Å². The zero-order valence-electron chi connectivity index (χ0n) is 10.8. The third-order valence-electron chi connectivity index (χ3n) is 2.73. The number of nitrogens with one attached hydrogen (secondary N) is 1. The van der Waals surface area contributed by atoms with Crippen molar-refractivity contribution in [3.63, 3.8) is 0 Å². The largest absolute Gasteiger partial charge is 0.366 e. The first-order chi connectivity index (χ1) is 10.2. The molecule has 0 aromatic heterocycles. The summed E-state index contributed by atoms with van der Waals surface area (Å²) < 4.78 is 65.6. The Morgan fingerprint density at radius 1 is 1.00 bits per heavy atom. The van der Waals surface area contributed by atoms with Crippen LogP contribution < -0.4 is 10.5 Å². The molecule has 0 unspecified atom stereocenters. The highest BCUT2D eigenvalue weighted by Gasteiger charge is 2.25. The number of carbonyl (C=O) groups is 1. The van der Waals surface area contributed by atoms with Crippen molar-refractivity contribution >= 4 is 21.6 Å². The minimum absolute atomic E-state index is 0.158. The molecule has 0 aliphatic carbocycles. The summed E-state index contributed by atoms with van der Waals surface area (Å²) in [5.41, 5.74) is 4.72. The van der Waals surface area contributed by atoms with Crippen molar-refractivity contribution in [1.29, 1.82) is 0 Å². The fourth-order valence-electron chi connectivity index (χ4n) is 1.70. The summed E-state index contributed by atoms with van der Waals surface area (Å²) in [5, 5.41) is 0.